The fourth-order valence-electron chi connectivity index (χ4n) is 1.74. The number of hydrogen-bond donors (Lipinski definition) is 0. The summed E-state index contributed by atoms with van der Waals surface area (Å²) in [6.45, 7) is 2.14. The standard InChI is InChI=1S/C13H15ClS/c1-2-11(14)8-7-10-9-15-13-6-4-3-5-12(10)13/h3-6,9,11H,2,7-8H2,1H3. The zero-order chi connectivity index (χ0) is 10.7. The Kier molecular flexibility index (Phi) is 3.66. The third kappa shape index (κ3) is 2.53. The highest BCUT2D eigenvalue weighted by Crippen LogP contribution is 2.27. The number of hydrogen-bond acceptors (Lipinski definition) is 1. The molecule has 0 nitrogen and oxygen atoms in total. The van der Waals surface area contributed by atoms with Gasteiger partial charge in [0.25, 0.3) is 0 Å². The first-order valence-electron chi connectivity index (χ1n) is 5.40. The lowest BCUT2D eigenvalue weighted by atomic mass is 10.1. The third-order valence-electron chi connectivity index (χ3n) is 2.73. The van der Waals surface area contributed by atoms with E-state index >= 15 is 0 Å². The molecule has 0 bridgehead atoms. The van der Waals surface area contributed by atoms with E-state index in [2.05, 4.69) is 36.6 Å². The molecule has 0 spiro atoms. The molecule has 0 amide bonds. The molecule has 1 unspecified atom stereocenters. The SMILES string of the molecule is CCC(Cl)CCc1csc2ccccc12. The Balaban J connectivity index is 2.14. The van der Waals surface area contributed by atoms with E-state index in [0.717, 1.165) is 19.3 Å². The Morgan fingerprint density at radius 3 is 2.93 bits per heavy atom. The maximum absolute atomic E-state index is 6.14. The van der Waals surface area contributed by atoms with E-state index in [1.165, 1.54) is 15.6 Å². The summed E-state index contributed by atoms with van der Waals surface area (Å²) in [5.41, 5.74) is 1.45. The average Bonchev–Trinajstić information content (AvgIpc) is 2.69. The second kappa shape index (κ2) is 5.00. The number of fused-ring (bicyclic) bond motifs is 1. The van der Waals surface area contributed by atoms with Gasteiger partial charge in [-0.25, -0.2) is 0 Å². The number of halogens is 1. The topological polar surface area (TPSA) is 0 Å². The molecule has 0 aliphatic heterocycles. The molecular weight excluding hydrogens is 224 g/mol. The quantitative estimate of drug-likeness (QED) is 0.668. The van der Waals surface area contributed by atoms with Gasteiger partial charge >= 0.3 is 0 Å². The molecule has 1 aromatic heterocycles. The van der Waals surface area contributed by atoms with Crippen molar-refractivity contribution in [3.63, 3.8) is 0 Å². The summed E-state index contributed by atoms with van der Waals surface area (Å²) >= 11 is 7.97. The summed E-state index contributed by atoms with van der Waals surface area (Å²) in [4.78, 5) is 0. The Morgan fingerprint density at radius 1 is 1.33 bits per heavy atom. The smallest absolute Gasteiger partial charge is 0.0345 e. The van der Waals surface area contributed by atoms with Crippen LogP contribution in [0.5, 0.6) is 0 Å². The number of thiophene rings is 1. The van der Waals surface area contributed by atoms with Gasteiger partial charge in [0.15, 0.2) is 0 Å². The van der Waals surface area contributed by atoms with Crippen LogP contribution in [0.1, 0.15) is 25.3 Å². The highest BCUT2D eigenvalue weighted by atomic mass is 35.5. The van der Waals surface area contributed by atoms with Gasteiger partial charge in [-0.1, -0.05) is 25.1 Å². The maximum Gasteiger partial charge on any atom is 0.0345 e. The first-order valence-corrected chi connectivity index (χ1v) is 6.72. The van der Waals surface area contributed by atoms with E-state index < -0.39 is 0 Å². The molecule has 0 saturated carbocycles. The van der Waals surface area contributed by atoms with Crippen LogP contribution in [0.25, 0.3) is 10.1 Å². The third-order valence-corrected chi connectivity index (χ3v) is 4.27. The van der Waals surface area contributed by atoms with Crippen molar-refractivity contribution in [3.05, 3.63) is 35.2 Å². The van der Waals surface area contributed by atoms with Crippen molar-refractivity contribution in [1.82, 2.24) is 0 Å². The molecule has 2 aromatic rings. The number of alkyl halides is 1. The lowest BCUT2D eigenvalue weighted by Gasteiger charge is -2.04. The number of rotatable bonds is 4. The molecule has 1 aromatic carbocycles. The van der Waals surface area contributed by atoms with Crippen LogP contribution in [-0.2, 0) is 6.42 Å². The van der Waals surface area contributed by atoms with Crippen LogP contribution in [0.3, 0.4) is 0 Å². The summed E-state index contributed by atoms with van der Waals surface area (Å²) in [5.74, 6) is 0. The van der Waals surface area contributed by atoms with Gasteiger partial charge in [0.05, 0.1) is 0 Å². The van der Waals surface area contributed by atoms with Crippen LogP contribution >= 0.6 is 22.9 Å². The van der Waals surface area contributed by atoms with E-state index in [0.29, 0.717) is 5.38 Å². The lowest BCUT2D eigenvalue weighted by Crippen LogP contribution is -1.97. The molecule has 15 heavy (non-hydrogen) atoms. The molecular formula is C13H15ClS. The zero-order valence-corrected chi connectivity index (χ0v) is 10.4. The summed E-state index contributed by atoms with van der Waals surface area (Å²) in [6, 6.07) is 8.59. The molecule has 0 radical (unpaired) electrons. The van der Waals surface area contributed by atoms with E-state index in [-0.39, 0.29) is 0 Å². The van der Waals surface area contributed by atoms with Crippen molar-refractivity contribution in [2.45, 2.75) is 31.6 Å². The van der Waals surface area contributed by atoms with Crippen molar-refractivity contribution in [1.29, 1.82) is 0 Å². The van der Waals surface area contributed by atoms with Gasteiger partial charge in [0, 0.05) is 10.1 Å². The lowest BCUT2D eigenvalue weighted by molar-refractivity contribution is 0.730. The van der Waals surface area contributed by atoms with Crippen molar-refractivity contribution in [3.8, 4) is 0 Å². The minimum Gasteiger partial charge on any atom is -0.144 e. The molecule has 2 rings (SSSR count). The van der Waals surface area contributed by atoms with E-state index in [1.54, 1.807) is 0 Å². The normalized spacial score (nSPS) is 13.2. The van der Waals surface area contributed by atoms with Gasteiger partial charge in [-0.15, -0.1) is 22.9 Å². The first kappa shape index (κ1) is 11.0. The van der Waals surface area contributed by atoms with Crippen molar-refractivity contribution < 1.29 is 0 Å². The highest BCUT2D eigenvalue weighted by molar-refractivity contribution is 7.17. The monoisotopic (exact) mass is 238 g/mol. The number of benzene rings is 1. The average molecular weight is 239 g/mol. The molecule has 80 valence electrons. The van der Waals surface area contributed by atoms with Gasteiger partial charge in [-0.3, -0.25) is 0 Å². The van der Waals surface area contributed by atoms with E-state index in [4.69, 9.17) is 11.6 Å². The van der Waals surface area contributed by atoms with Gasteiger partial charge < -0.3 is 0 Å². The second-order valence-corrected chi connectivity index (χ2v) is 5.33. The van der Waals surface area contributed by atoms with Crippen LogP contribution in [-0.4, -0.2) is 5.38 Å². The van der Waals surface area contributed by atoms with E-state index in [1.807, 2.05) is 11.3 Å². The first-order chi connectivity index (χ1) is 7.31. The summed E-state index contributed by atoms with van der Waals surface area (Å²) in [5, 5.41) is 4.00. The zero-order valence-electron chi connectivity index (χ0n) is 8.87. The van der Waals surface area contributed by atoms with Crippen LogP contribution in [0.4, 0.5) is 0 Å². The van der Waals surface area contributed by atoms with Crippen molar-refractivity contribution in [2.75, 3.05) is 0 Å². The van der Waals surface area contributed by atoms with Crippen LogP contribution in [0.2, 0.25) is 0 Å². The van der Waals surface area contributed by atoms with Crippen LogP contribution in [0.15, 0.2) is 29.6 Å². The molecule has 0 N–H and O–H groups in total. The molecule has 0 aliphatic carbocycles. The second-order valence-electron chi connectivity index (χ2n) is 3.80. The fraction of sp³-hybridized carbons (Fsp3) is 0.385. The molecule has 0 fully saturated rings. The Labute approximate surface area is 99.9 Å². The maximum atomic E-state index is 6.14. The fourth-order valence-corrected chi connectivity index (χ4v) is 2.85. The Hall–Kier alpha value is -0.530. The minimum atomic E-state index is 0.323. The Bertz CT molecular complexity index is 433. The van der Waals surface area contributed by atoms with E-state index in [9.17, 15) is 0 Å². The van der Waals surface area contributed by atoms with Gasteiger partial charge in [-0.05, 0) is 41.7 Å². The number of aryl methyl sites for hydroxylation is 1. The Morgan fingerprint density at radius 2 is 2.13 bits per heavy atom. The molecule has 2 heteroatoms. The van der Waals surface area contributed by atoms with Crippen LogP contribution in [0, 0.1) is 0 Å². The highest BCUT2D eigenvalue weighted by Gasteiger charge is 2.06. The van der Waals surface area contributed by atoms with Gasteiger partial charge in [0.2, 0.25) is 0 Å². The predicted molar refractivity (Wildman–Crippen MR) is 70.1 cm³/mol. The van der Waals surface area contributed by atoms with Crippen molar-refractivity contribution >= 4 is 33.0 Å². The molecule has 0 aliphatic rings. The van der Waals surface area contributed by atoms with Crippen molar-refractivity contribution in [2.24, 2.45) is 0 Å². The van der Waals surface area contributed by atoms with Gasteiger partial charge in [-0.2, -0.15) is 0 Å². The predicted octanol–water partition coefficient (Wildman–Crippen LogP) is 4.85. The minimum absolute atomic E-state index is 0.323. The summed E-state index contributed by atoms with van der Waals surface area (Å²) < 4.78 is 1.38. The largest absolute Gasteiger partial charge is 0.144 e. The van der Waals surface area contributed by atoms with Gasteiger partial charge in [0.1, 0.15) is 0 Å². The molecule has 1 atom stereocenters. The summed E-state index contributed by atoms with van der Waals surface area (Å²) in [7, 11) is 0. The summed E-state index contributed by atoms with van der Waals surface area (Å²) in [6.07, 6.45) is 3.24. The molecule has 0 saturated heterocycles. The van der Waals surface area contributed by atoms with Crippen LogP contribution < -0.4 is 0 Å². The molecule has 1 heterocycles.